The molecule has 1 saturated heterocycles. The number of hydrogen-bond acceptors (Lipinski definition) is 3. The normalized spacial score (nSPS) is 25.2. The molecule has 1 saturated carbocycles. The van der Waals surface area contributed by atoms with Crippen molar-refractivity contribution in [1.29, 1.82) is 0 Å². The molecular formula is C16H28N2O2S. The Kier molecular flexibility index (Phi) is 5.97. The van der Waals surface area contributed by atoms with E-state index >= 15 is 0 Å². The number of amides is 2. The first-order chi connectivity index (χ1) is 10.1. The molecule has 1 aliphatic heterocycles. The molecule has 0 aromatic heterocycles. The van der Waals surface area contributed by atoms with E-state index in [-0.39, 0.29) is 17.9 Å². The minimum absolute atomic E-state index is 0.0718. The van der Waals surface area contributed by atoms with E-state index in [0.29, 0.717) is 0 Å². The van der Waals surface area contributed by atoms with Crippen LogP contribution in [0.25, 0.3) is 0 Å². The Labute approximate surface area is 132 Å². The van der Waals surface area contributed by atoms with Crippen LogP contribution < -0.4 is 5.32 Å². The van der Waals surface area contributed by atoms with E-state index in [1.165, 1.54) is 6.42 Å². The van der Waals surface area contributed by atoms with Crippen LogP contribution in [0.5, 0.6) is 0 Å². The fourth-order valence-electron chi connectivity index (χ4n) is 3.62. The SMILES string of the molecule is CCCC1C(=O)NC2(CCCCC2)C(=O)N1CCCSC. The molecule has 21 heavy (non-hydrogen) atoms. The fraction of sp³-hybridized carbons (Fsp3) is 0.875. The van der Waals surface area contributed by atoms with Crippen molar-refractivity contribution < 1.29 is 9.59 Å². The second-order valence-corrected chi connectivity index (χ2v) is 7.27. The van der Waals surface area contributed by atoms with Crippen molar-refractivity contribution in [3.63, 3.8) is 0 Å². The maximum atomic E-state index is 13.0. The predicted octanol–water partition coefficient (Wildman–Crippen LogP) is 2.57. The lowest BCUT2D eigenvalue weighted by molar-refractivity contribution is -0.157. The highest BCUT2D eigenvalue weighted by Crippen LogP contribution is 2.34. The number of carbonyl (C=O) groups excluding carboxylic acids is 2. The Morgan fingerprint density at radius 3 is 2.62 bits per heavy atom. The van der Waals surface area contributed by atoms with Crippen molar-refractivity contribution in [3.05, 3.63) is 0 Å². The molecule has 120 valence electrons. The average Bonchev–Trinajstić information content (AvgIpc) is 2.49. The zero-order valence-corrected chi connectivity index (χ0v) is 14.1. The van der Waals surface area contributed by atoms with Crippen molar-refractivity contribution >= 4 is 23.6 Å². The van der Waals surface area contributed by atoms with Crippen molar-refractivity contribution in [2.24, 2.45) is 0 Å². The van der Waals surface area contributed by atoms with Crippen molar-refractivity contribution in [2.45, 2.75) is 69.9 Å². The summed E-state index contributed by atoms with van der Waals surface area (Å²) in [6.45, 7) is 2.79. The zero-order chi connectivity index (χ0) is 15.3. The monoisotopic (exact) mass is 312 g/mol. The third-order valence-corrected chi connectivity index (χ3v) is 5.43. The zero-order valence-electron chi connectivity index (χ0n) is 13.3. The summed E-state index contributed by atoms with van der Waals surface area (Å²) in [7, 11) is 0. The summed E-state index contributed by atoms with van der Waals surface area (Å²) in [5.41, 5.74) is -0.584. The van der Waals surface area contributed by atoms with E-state index in [9.17, 15) is 9.59 Å². The summed E-state index contributed by atoms with van der Waals surface area (Å²) in [4.78, 5) is 27.5. The van der Waals surface area contributed by atoms with Gasteiger partial charge in [-0.15, -0.1) is 0 Å². The molecule has 5 heteroatoms. The molecule has 1 heterocycles. The fourth-order valence-corrected chi connectivity index (χ4v) is 4.04. The van der Waals surface area contributed by atoms with Gasteiger partial charge >= 0.3 is 0 Å². The molecule has 2 aliphatic rings. The lowest BCUT2D eigenvalue weighted by atomic mass is 9.78. The standard InChI is InChI=1S/C16H28N2O2S/c1-3-8-13-14(19)17-16(9-5-4-6-10-16)15(20)18(13)11-7-12-21-2/h13H,3-12H2,1-2H3,(H,17,19). The molecule has 0 bridgehead atoms. The number of thioether (sulfide) groups is 1. The molecule has 2 fully saturated rings. The van der Waals surface area contributed by atoms with Gasteiger partial charge in [-0.3, -0.25) is 9.59 Å². The first-order valence-electron chi connectivity index (χ1n) is 8.26. The minimum atomic E-state index is -0.584. The topological polar surface area (TPSA) is 49.4 Å². The van der Waals surface area contributed by atoms with E-state index < -0.39 is 5.54 Å². The second kappa shape index (κ2) is 7.52. The van der Waals surface area contributed by atoms with Crippen LogP contribution in [-0.2, 0) is 9.59 Å². The van der Waals surface area contributed by atoms with E-state index in [0.717, 1.165) is 57.2 Å². The van der Waals surface area contributed by atoms with Crippen LogP contribution in [-0.4, -0.2) is 46.8 Å². The molecule has 0 aromatic carbocycles. The predicted molar refractivity (Wildman–Crippen MR) is 87.4 cm³/mol. The number of hydrogen-bond donors (Lipinski definition) is 1. The third-order valence-electron chi connectivity index (χ3n) is 4.73. The van der Waals surface area contributed by atoms with Crippen LogP contribution in [0.3, 0.4) is 0 Å². The van der Waals surface area contributed by atoms with Gasteiger partial charge in [-0.2, -0.15) is 11.8 Å². The van der Waals surface area contributed by atoms with Crippen molar-refractivity contribution in [3.8, 4) is 0 Å². The van der Waals surface area contributed by atoms with Gasteiger partial charge in [-0.25, -0.2) is 0 Å². The second-order valence-electron chi connectivity index (χ2n) is 6.28. The van der Waals surface area contributed by atoms with Gasteiger partial charge in [0.2, 0.25) is 11.8 Å². The molecule has 1 unspecified atom stereocenters. The van der Waals surface area contributed by atoms with E-state index in [2.05, 4.69) is 18.5 Å². The number of nitrogens with one attached hydrogen (secondary N) is 1. The summed E-state index contributed by atoms with van der Waals surface area (Å²) >= 11 is 1.80. The van der Waals surface area contributed by atoms with Crippen LogP contribution in [0.15, 0.2) is 0 Å². The van der Waals surface area contributed by atoms with Crippen LogP contribution in [0.1, 0.15) is 58.3 Å². The molecule has 1 aliphatic carbocycles. The molecule has 0 radical (unpaired) electrons. The van der Waals surface area contributed by atoms with E-state index in [1.807, 2.05) is 4.90 Å². The molecule has 0 aromatic rings. The molecular weight excluding hydrogens is 284 g/mol. The minimum Gasteiger partial charge on any atom is -0.340 e. The highest BCUT2D eigenvalue weighted by Gasteiger charge is 2.50. The summed E-state index contributed by atoms with van der Waals surface area (Å²) in [5, 5.41) is 3.10. The highest BCUT2D eigenvalue weighted by molar-refractivity contribution is 7.98. The van der Waals surface area contributed by atoms with Crippen LogP contribution >= 0.6 is 11.8 Å². The Morgan fingerprint density at radius 2 is 2.00 bits per heavy atom. The summed E-state index contributed by atoms with van der Waals surface area (Å²) < 4.78 is 0. The Morgan fingerprint density at radius 1 is 1.29 bits per heavy atom. The molecule has 2 rings (SSSR count). The van der Waals surface area contributed by atoms with Crippen molar-refractivity contribution in [1.82, 2.24) is 10.2 Å². The molecule has 2 amide bonds. The maximum absolute atomic E-state index is 13.0. The van der Waals surface area contributed by atoms with Crippen LogP contribution in [0, 0.1) is 0 Å². The van der Waals surface area contributed by atoms with Gasteiger partial charge in [0, 0.05) is 6.54 Å². The first-order valence-corrected chi connectivity index (χ1v) is 9.66. The summed E-state index contributed by atoms with van der Waals surface area (Å²) in [5.74, 6) is 1.29. The van der Waals surface area contributed by atoms with Gasteiger partial charge in [0.05, 0.1) is 0 Å². The van der Waals surface area contributed by atoms with E-state index in [1.54, 1.807) is 11.8 Å². The summed E-state index contributed by atoms with van der Waals surface area (Å²) in [6, 6.07) is -0.253. The lowest BCUT2D eigenvalue weighted by Gasteiger charge is -2.47. The number of carbonyl (C=O) groups is 2. The Bertz CT molecular complexity index is 380. The van der Waals surface area contributed by atoms with Gasteiger partial charge in [-0.1, -0.05) is 32.6 Å². The number of nitrogens with zero attached hydrogens (tertiary/aromatic N) is 1. The largest absolute Gasteiger partial charge is 0.340 e. The third kappa shape index (κ3) is 3.55. The molecule has 1 spiro atoms. The quantitative estimate of drug-likeness (QED) is 0.767. The van der Waals surface area contributed by atoms with Gasteiger partial charge in [-0.05, 0) is 37.7 Å². The number of piperazine rings is 1. The van der Waals surface area contributed by atoms with E-state index in [4.69, 9.17) is 0 Å². The molecule has 1 atom stereocenters. The van der Waals surface area contributed by atoms with Gasteiger partial charge < -0.3 is 10.2 Å². The first kappa shape index (κ1) is 16.7. The van der Waals surface area contributed by atoms with Crippen LogP contribution in [0.2, 0.25) is 0 Å². The molecule has 1 N–H and O–H groups in total. The Hall–Kier alpha value is -0.710. The lowest BCUT2D eigenvalue weighted by Crippen LogP contribution is -2.70. The van der Waals surface area contributed by atoms with Gasteiger partial charge in [0.1, 0.15) is 11.6 Å². The highest BCUT2D eigenvalue weighted by atomic mass is 32.2. The summed E-state index contributed by atoms with van der Waals surface area (Å²) in [6.07, 6.45) is 9.64. The Balaban J connectivity index is 2.16. The number of rotatable bonds is 6. The smallest absolute Gasteiger partial charge is 0.249 e. The van der Waals surface area contributed by atoms with Crippen molar-refractivity contribution in [2.75, 3.05) is 18.6 Å². The van der Waals surface area contributed by atoms with Gasteiger partial charge in [0.15, 0.2) is 0 Å². The van der Waals surface area contributed by atoms with Crippen LogP contribution in [0.4, 0.5) is 0 Å². The average molecular weight is 312 g/mol. The molecule has 4 nitrogen and oxygen atoms in total. The maximum Gasteiger partial charge on any atom is 0.249 e. The van der Waals surface area contributed by atoms with Gasteiger partial charge in [0.25, 0.3) is 0 Å².